The van der Waals surface area contributed by atoms with Crippen molar-refractivity contribution >= 4 is 29.2 Å². The van der Waals surface area contributed by atoms with Crippen molar-refractivity contribution in [1.82, 2.24) is 0 Å². The summed E-state index contributed by atoms with van der Waals surface area (Å²) in [6.07, 6.45) is 0.766. The maximum absolute atomic E-state index is 13.6. The van der Waals surface area contributed by atoms with Crippen LogP contribution in [0.1, 0.15) is 15.9 Å². The molecule has 0 saturated carbocycles. The number of halogens is 2. The van der Waals surface area contributed by atoms with Crippen molar-refractivity contribution < 1.29 is 18.7 Å². The first kappa shape index (κ1) is 15.5. The number of fused-ring (bicyclic) bond motifs is 1. The lowest BCUT2D eigenvalue weighted by Crippen LogP contribution is -2.33. The van der Waals surface area contributed by atoms with Crippen LogP contribution < -0.4 is 4.90 Å². The van der Waals surface area contributed by atoms with Gasteiger partial charge < -0.3 is 9.64 Å². The number of ether oxygens (including phenoxy) is 1. The van der Waals surface area contributed by atoms with E-state index in [1.54, 1.807) is 4.90 Å². The first-order valence-corrected chi connectivity index (χ1v) is 7.44. The number of hydrogen-bond donors (Lipinski definition) is 0. The van der Waals surface area contributed by atoms with Gasteiger partial charge in [-0.1, -0.05) is 29.8 Å². The Morgan fingerprint density at radius 3 is 2.78 bits per heavy atom. The number of amides is 1. The lowest BCUT2D eigenvalue weighted by atomic mass is 10.2. The van der Waals surface area contributed by atoms with Crippen LogP contribution in [-0.2, 0) is 16.0 Å². The van der Waals surface area contributed by atoms with Gasteiger partial charge in [0.25, 0.3) is 5.91 Å². The Morgan fingerprint density at radius 1 is 1.22 bits per heavy atom. The number of nitrogens with zero attached hydrogens (tertiary/aromatic N) is 1. The highest BCUT2D eigenvalue weighted by atomic mass is 35.5. The molecule has 0 bridgehead atoms. The smallest absolute Gasteiger partial charge is 0.341 e. The second kappa shape index (κ2) is 6.38. The largest absolute Gasteiger partial charge is 0.452 e. The fourth-order valence-electron chi connectivity index (χ4n) is 2.54. The van der Waals surface area contributed by atoms with Crippen molar-refractivity contribution in [1.29, 1.82) is 0 Å². The first-order valence-electron chi connectivity index (χ1n) is 7.06. The van der Waals surface area contributed by atoms with Gasteiger partial charge in [-0.05, 0) is 36.2 Å². The lowest BCUT2D eigenvalue weighted by Gasteiger charge is -2.17. The van der Waals surface area contributed by atoms with E-state index in [1.807, 2.05) is 24.3 Å². The van der Waals surface area contributed by atoms with E-state index in [-0.39, 0.29) is 16.5 Å². The number of benzene rings is 2. The van der Waals surface area contributed by atoms with E-state index in [4.69, 9.17) is 16.3 Å². The van der Waals surface area contributed by atoms with E-state index in [2.05, 4.69) is 0 Å². The van der Waals surface area contributed by atoms with Crippen molar-refractivity contribution in [2.45, 2.75) is 6.42 Å². The highest BCUT2D eigenvalue weighted by Gasteiger charge is 2.25. The number of para-hydroxylation sites is 1. The normalized spacial score (nSPS) is 12.9. The molecule has 1 aliphatic heterocycles. The van der Waals surface area contributed by atoms with Crippen LogP contribution in [0, 0.1) is 5.82 Å². The summed E-state index contributed by atoms with van der Waals surface area (Å²) >= 11 is 5.63. The Hall–Kier alpha value is -2.40. The van der Waals surface area contributed by atoms with E-state index < -0.39 is 18.4 Å². The summed E-state index contributed by atoms with van der Waals surface area (Å²) in [7, 11) is 0. The highest BCUT2D eigenvalue weighted by Crippen LogP contribution is 2.27. The van der Waals surface area contributed by atoms with Crippen molar-refractivity contribution in [3.63, 3.8) is 0 Å². The zero-order valence-corrected chi connectivity index (χ0v) is 12.8. The molecule has 1 aliphatic rings. The Labute approximate surface area is 137 Å². The van der Waals surface area contributed by atoms with Crippen LogP contribution in [-0.4, -0.2) is 25.0 Å². The summed E-state index contributed by atoms with van der Waals surface area (Å²) in [6, 6.07) is 11.2. The molecule has 0 fully saturated rings. The van der Waals surface area contributed by atoms with Crippen LogP contribution in [0.15, 0.2) is 42.5 Å². The van der Waals surface area contributed by atoms with Gasteiger partial charge in [0.15, 0.2) is 6.61 Å². The Morgan fingerprint density at radius 2 is 2.00 bits per heavy atom. The van der Waals surface area contributed by atoms with Crippen LogP contribution in [0.25, 0.3) is 0 Å². The second-order valence-electron chi connectivity index (χ2n) is 5.12. The van der Waals surface area contributed by atoms with Crippen molar-refractivity contribution in [3.05, 3.63) is 64.4 Å². The van der Waals surface area contributed by atoms with E-state index >= 15 is 0 Å². The molecule has 0 aromatic heterocycles. The molecular formula is C17H13ClFNO3. The predicted molar refractivity (Wildman–Crippen MR) is 84.2 cm³/mol. The second-order valence-corrected chi connectivity index (χ2v) is 5.56. The highest BCUT2D eigenvalue weighted by molar-refractivity contribution is 6.30. The number of carbonyl (C=O) groups excluding carboxylic acids is 2. The number of esters is 1. The van der Waals surface area contributed by atoms with Gasteiger partial charge in [-0.3, -0.25) is 4.79 Å². The molecule has 3 rings (SSSR count). The minimum absolute atomic E-state index is 0.184. The maximum Gasteiger partial charge on any atom is 0.341 e. The molecule has 2 aromatic rings. The van der Waals surface area contributed by atoms with Gasteiger partial charge in [-0.15, -0.1) is 0 Å². The van der Waals surface area contributed by atoms with Crippen LogP contribution >= 0.6 is 11.6 Å². The summed E-state index contributed by atoms with van der Waals surface area (Å²) in [4.78, 5) is 25.7. The number of carbonyl (C=O) groups is 2. The fraction of sp³-hybridized carbons (Fsp3) is 0.176. The molecule has 0 aliphatic carbocycles. The quantitative estimate of drug-likeness (QED) is 0.810. The summed E-state index contributed by atoms with van der Waals surface area (Å²) in [5.41, 5.74) is 1.66. The fourth-order valence-corrected chi connectivity index (χ4v) is 2.69. The standard InChI is InChI=1S/C17H13ClFNO3/c18-12-5-6-13(14(19)9-12)17(22)23-10-16(21)20-8-7-11-3-1-2-4-15(11)20/h1-6,9H,7-8,10H2. The van der Waals surface area contributed by atoms with Crippen LogP contribution in [0.5, 0.6) is 0 Å². The third-order valence-electron chi connectivity index (χ3n) is 3.67. The van der Waals surface area contributed by atoms with Gasteiger partial charge in [0.1, 0.15) is 5.82 Å². The molecule has 0 unspecified atom stereocenters. The van der Waals surface area contributed by atoms with Gasteiger partial charge >= 0.3 is 5.97 Å². The topological polar surface area (TPSA) is 46.6 Å². The average molecular weight is 334 g/mol. The van der Waals surface area contributed by atoms with Gasteiger partial charge in [0.05, 0.1) is 5.56 Å². The molecule has 118 valence electrons. The summed E-state index contributed by atoms with van der Waals surface area (Å²) in [5.74, 6) is -2.00. The van der Waals surface area contributed by atoms with Crippen LogP contribution in [0.4, 0.5) is 10.1 Å². The van der Waals surface area contributed by atoms with Gasteiger partial charge in [-0.2, -0.15) is 0 Å². The number of hydrogen-bond acceptors (Lipinski definition) is 3. The SMILES string of the molecule is O=C(OCC(=O)N1CCc2ccccc21)c1ccc(Cl)cc1F. The molecular weight excluding hydrogens is 321 g/mol. The molecule has 1 heterocycles. The monoisotopic (exact) mass is 333 g/mol. The molecule has 0 N–H and O–H groups in total. The molecule has 0 saturated heterocycles. The van der Waals surface area contributed by atoms with Crippen molar-refractivity contribution in [2.24, 2.45) is 0 Å². The van der Waals surface area contributed by atoms with E-state index in [0.717, 1.165) is 23.7 Å². The Bertz CT molecular complexity index is 778. The molecule has 2 aromatic carbocycles. The van der Waals surface area contributed by atoms with E-state index in [1.165, 1.54) is 12.1 Å². The predicted octanol–water partition coefficient (Wildman–Crippen LogP) is 3.23. The van der Waals surface area contributed by atoms with E-state index in [9.17, 15) is 14.0 Å². The molecule has 23 heavy (non-hydrogen) atoms. The zero-order chi connectivity index (χ0) is 16.4. The summed E-state index contributed by atoms with van der Waals surface area (Å²) in [5, 5.41) is 0.184. The van der Waals surface area contributed by atoms with Crippen molar-refractivity contribution in [3.8, 4) is 0 Å². The van der Waals surface area contributed by atoms with Gasteiger partial charge in [0, 0.05) is 17.3 Å². The summed E-state index contributed by atoms with van der Waals surface area (Å²) in [6.45, 7) is 0.111. The zero-order valence-electron chi connectivity index (χ0n) is 12.1. The molecule has 1 amide bonds. The Kier molecular flexibility index (Phi) is 4.30. The first-order chi connectivity index (χ1) is 11.1. The average Bonchev–Trinajstić information content (AvgIpc) is 2.96. The third kappa shape index (κ3) is 3.19. The molecule has 0 radical (unpaired) electrons. The summed E-state index contributed by atoms with van der Waals surface area (Å²) < 4.78 is 18.6. The lowest BCUT2D eigenvalue weighted by molar-refractivity contribution is -0.121. The molecule has 6 heteroatoms. The minimum atomic E-state index is -0.889. The number of anilines is 1. The molecule has 0 spiro atoms. The van der Waals surface area contributed by atoms with Crippen molar-refractivity contribution in [2.75, 3.05) is 18.1 Å². The van der Waals surface area contributed by atoms with Crippen LogP contribution in [0.3, 0.4) is 0 Å². The Balaban J connectivity index is 1.65. The van der Waals surface area contributed by atoms with Crippen LogP contribution in [0.2, 0.25) is 5.02 Å². The molecule has 0 atom stereocenters. The maximum atomic E-state index is 13.6. The third-order valence-corrected chi connectivity index (χ3v) is 3.90. The number of rotatable bonds is 3. The van der Waals surface area contributed by atoms with E-state index in [0.29, 0.717) is 6.54 Å². The van der Waals surface area contributed by atoms with Gasteiger partial charge in [-0.25, -0.2) is 9.18 Å². The molecule has 4 nitrogen and oxygen atoms in total. The minimum Gasteiger partial charge on any atom is -0.452 e. The van der Waals surface area contributed by atoms with Gasteiger partial charge in [0.2, 0.25) is 0 Å².